The number of nitro groups is 1. The van der Waals surface area contributed by atoms with E-state index in [4.69, 9.17) is 0 Å². The van der Waals surface area contributed by atoms with Gasteiger partial charge in [0.2, 0.25) is 0 Å². The number of likely N-dealkylation sites (N-methyl/N-ethyl adjacent to an activating group) is 1. The second-order valence-electron chi connectivity index (χ2n) is 5.64. The van der Waals surface area contributed by atoms with Crippen LogP contribution in [0.15, 0.2) is 59.1 Å². The van der Waals surface area contributed by atoms with Gasteiger partial charge in [0.05, 0.1) is 27.6 Å². The lowest BCUT2D eigenvalue weighted by Gasteiger charge is -2.21. The fraction of sp³-hybridized carbons (Fsp3) is 0.158. The number of anilines is 1. The van der Waals surface area contributed by atoms with Gasteiger partial charge in [-0.15, -0.1) is 0 Å². The van der Waals surface area contributed by atoms with Crippen LogP contribution in [0.5, 0.6) is 0 Å². The van der Waals surface area contributed by atoms with Crippen molar-refractivity contribution in [1.29, 1.82) is 0 Å². The normalized spacial score (nSPS) is 15.6. The Kier molecular flexibility index (Phi) is 4.43. The number of amides is 1. The number of benzene rings is 2. The SMILES string of the molecule is CCN1C(=O)/C(=C\c2ccc([N+](=O)[O-])cc2)C(C)=Nc2ccccc21. The molecule has 1 aliphatic rings. The summed E-state index contributed by atoms with van der Waals surface area (Å²) < 4.78 is 0. The Bertz CT molecular complexity index is 898. The molecule has 2 aromatic carbocycles. The zero-order valence-corrected chi connectivity index (χ0v) is 14.0. The van der Waals surface area contributed by atoms with Crippen molar-refractivity contribution in [2.24, 2.45) is 4.99 Å². The van der Waals surface area contributed by atoms with E-state index in [-0.39, 0.29) is 11.6 Å². The van der Waals surface area contributed by atoms with Crippen LogP contribution in [-0.2, 0) is 4.79 Å². The zero-order valence-electron chi connectivity index (χ0n) is 14.0. The molecule has 1 amide bonds. The number of nitro benzene ring substituents is 1. The molecule has 2 aromatic rings. The van der Waals surface area contributed by atoms with Gasteiger partial charge in [0.25, 0.3) is 11.6 Å². The fourth-order valence-electron chi connectivity index (χ4n) is 2.78. The lowest BCUT2D eigenvalue weighted by molar-refractivity contribution is -0.384. The first-order chi connectivity index (χ1) is 12.0. The van der Waals surface area contributed by atoms with Crippen LogP contribution in [-0.4, -0.2) is 23.1 Å². The van der Waals surface area contributed by atoms with Gasteiger partial charge in [0.1, 0.15) is 0 Å². The van der Waals surface area contributed by atoms with E-state index in [1.807, 2.05) is 31.2 Å². The van der Waals surface area contributed by atoms with Gasteiger partial charge in [-0.05, 0) is 49.8 Å². The zero-order chi connectivity index (χ0) is 18.0. The number of non-ortho nitro benzene ring substituents is 1. The largest absolute Gasteiger partial charge is 0.306 e. The van der Waals surface area contributed by atoms with Crippen LogP contribution in [0.2, 0.25) is 0 Å². The fourth-order valence-corrected chi connectivity index (χ4v) is 2.78. The maximum absolute atomic E-state index is 13.0. The molecule has 0 saturated carbocycles. The molecule has 6 heteroatoms. The van der Waals surface area contributed by atoms with Crippen LogP contribution >= 0.6 is 0 Å². The van der Waals surface area contributed by atoms with Crippen molar-refractivity contribution in [2.75, 3.05) is 11.4 Å². The molecule has 0 radical (unpaired) electrons. The Balaban J connectivity index is 2.07. The van der Waals surface area contributed by atoms with Crippen LogP contribution in [0.25, 0.3) is 6.08 Å². The highest BCUT2D eigenvalue weighted by Gasteiger charge is 2.25. The number of aliphatic imine (C=N–C) groups is 1. The highest BCUT2D eigenvalue weighted by Crippen LogP contribution is 2.33. The molecule has 6 nitrogen and oxygen atoms in total. The minimum absolute atomic E-state index is 0.0160. The highest BCUT2D eigenvalue weighted by molar-refractivity contribution is 6.30. The molecule has 126 valence electrons. The number of para-hydroxylation sites is 2. The lowest BCUT2D eigenvalue weighted by Crippen LogP contribution is -2.32. The predicted octanol–water partition coefficient (Wildman–Crippen LogP) is 4.14. The number of nitrogens with zero attached hydrogens (tertiary/aromatic N) is 3. The topological polar surface area (TPSA) is 75.8 Å². The Hall–Kier alpha value is -3.28. The van der Waals surface area contributed by atoms with Gasteiger partial charge in [0.15, 0.2) is 0 Å². The average Bonchev–Trinajstić information content (AvgIpc) is 2.70. The Morgan fingerprint density at radius 1 is 1.16 bits per heavy atom. The molecular formula is C19H17N3O3. The van der Waals surface area contributed by atoms with E-state index in [0.29, 0.717) is 23.4 Å². The minimum Gasteiger partial charge on any atom is -0.306 e. The summed E-state index contributed by atoms with van der Waals surface area (Å²) in [5.41, 5.74) is 3.36. The average molecular weight is 335 g/mol. The molecule has 0 spiro atoms. The number of carbonyl (C=O) groups excluding carboxylic acids is 1. The summed E-state index contributed by atoms with van der Waals surface area (Å²) in [6.45, 7) is 4.24. The van der Waals surface area contributed by atoms with Crippen molar-refractivity contribution < 1.29 is 9.72 Å². The smallest absolute Gasteiger partial charge is 0.269 e. The van der Waals surface area contributed by atoms with Crippen molar-refractivity contribution in [3.8, 4) is 0 Å². The number of hydrogen-bond acceptors (Lipinski definition) is 4. The standard InChI is InChI=1S/C19H17N3O3/c1-3-21-18-7-5-4-6-17(18)20-13(2)16(19(21)23)12-14-8-10-15(11-9-14)22(24)25/h4-12H,3H2,1-2H3/b16-12-. The second kappa shape index (κ2) is 6.68. The Labute approximate surface area is 145 Å². The first-order valence-electron chi connectivity index (χ1n) is 7.94. The van der Waals surface area contributed by atoms with Crippen LogP contribution in [0.3, 0.4) is 0 Å². The van der Waals surface area contributed by atoms with Crippen molar-refractivity contribution in [1.82, 2.24) is 0 Å². The summed E-state index contributed by atoms with van der Waals surface area (Å²) in [7, 11) is 0. The van der Waals surface area contributed by atoms with Crippen LogP contribution in [0, 0.1) is 10.1 Å². The quantitative estimate of drug-likeness (QED) is 0.480. The van der Waals surface area contributed by atoms with Crippen molar-refractivity contribution in [3.63, 3.8) is 0 Å². The van der Waals surface area contributed by atoms with E-state index in [0.717, 1.165) is 11.4 Å². The van der Waals surface area contributed by atoms with Crippen LogP contribution in [0.1, 0.15) is 19.4 Å². The van der Waals surface area contributed by atoms with Gasteiger partial charge in [0, 0.05) is 18.7 Å². The summed E-state index contributed by atoms with van der Waals surface area (Å²) in [6.07, 6.45) is 1.72. The third-order valence-electron chi connectivity index (χ3n) is 4.06. The van der Waals surface area contributed by atoms with Crippen molar-refractivity contribution >= 4 is 34.8 Å². The van der Waals surface area contributed by atoms with Gasteiger partial charge >= 0.3 is 0 Å². The van der Waals surface area contributed by atoms with Gasteiger partial charge in [-0.1, -0.05) is 12.1 Å². The monoisotopic (exact) mass is 335 g/mol. The highest BCUT2D eigenvalue weighted by atomic mass is 16.6. The first kappa shape index (κ1) is 16.6. The predicted molar refractivity (Wildman–Crippen MR) is 98.3 cm³/mol. The maximum Gasteiger partial charge on any atom is 0.269 e. The molecule has 1 heterocycles. The molecule has 0 aliphatic carbocycles. The van der Waals surface area contributed by atoms with E-state index in [9.17, 15) is 14.9 Å². The molecule has 25 heavy (non-hydrogen) atoms. The van der Waals surface area contributed by atoms with Gasteiger partial charge in [-0.25, -0.2) is 0 Å². The van der Waals surface area contributed by atoms with Crippen molar-refractivity contribution in [2.45, 2.75) is 13.8 Å². The third-order valence-corrected chi connectivity index (χ3v) is 4.06. The second-order valence-corrected chi connectivity index (χ2v) is 5.64. The first-order valence-corrected chi connectivity index (χ1v) is 7.94. The van der Waals surface area contributed by atoms with Gasteiger partial charge in [-0.3, -0.25) is 19.9 Å². The maximum atomic E-state index is 13.0. The molecule has 0 bridgehead atoms. The molecule has 0 aromatic heterocycles. The van der Waals surface area contributed by atoms with Crippen LogP contribution in [0.4, 0.5) is 17.1 Å². The van der Waals surface area contributed by atoms with Crippen molar-refractivity contribution in [3.05, 3.63) is 69.8 Å². The van der Waals surface area contributed by atoms with Gasteiger partial charge < -0.3 is 4.90 Å². The molecule has 0 fully saturated rings. The Morgan fingerprint density at radius 2 is 1.84 bits per heavy atom. The molecule has 0 atom stereocenters. The summed E-state index contributed by atoms with van der Waals surface area (Å²) in [6, 6.07) is 13.6. The summed E-state index contributed by atoms with van der Waals surface area (Å²) in [5.74, 6) is -0.132. The number of fused-ring (bicyclic) bond motifs is 1. The summed E-state index contributed by atoms with van der Waals surface area (Å²) >= 11 is 0. The molecule has 3 rings (SSSR count). The number of hydrogen-bond donors (Lipinski definition) is 0. The van der Waals surface area contributed by atoms with Gasteiger partial charge in [-0.2, -0.15) is 0 Å². The van der Waals surface area contributed by atoms with Crippen LogP contribution < -0.4 is 4.90 Å². The van der Waals surface area contributed by atoms with E-state index in [1.165, 1.54) is 12.1 Å². The third kappa shape index (κ3) is 3.19. The number of rotatable bonds is 3. The summed E-state index contributed by atoms with van der Waals surface area (Å²) in [5, 5.41) is 10.8. The summed E-state index contributed by atoms with van der Waals surface area (Å²) in [4.78, 5) is 29.6. The lowest BCUT2D eigenvalue weighted by atomic mass is 10.1. The molecule has 0 unspecified atom stereocenters. The van der Waals surface area contributed by atoms with E-state index < -0.39 is 4.92 Å². The molecule has 1 aliphatic heterocycles. The number of carbonyl (C=O) groups is 1. The molecule has 0 saturated heterocycles. The molecular weight excluding hydrogens is 318 g/mol. The van der Waals surface area contributed by atoms with E-state index >= 15 is 0 Å². The minimum atomic E-state index is -0.449. The molecule has 0 N–H and O–H groups in total. The van der Waals surface area contributed by atoms with E-state index in [1.54, 1.807) is 30.0 Å². The van der Waals surface area contributed by atoms with E-state index in [2.05, 4.69) is 4.99 Å². The Morgan fingerprint density at radius 3 is 2.48 bits per heavy atom.